The van der Waals surface area contributed by atoms with Crippen molar-refractivity contribution in [3.05, 3.63) is 103 Å². The van der Waals surface area contributed by atoms with Gasteiger partial charge in [-0.1, -0.05) is 54.6 Å². The first-order chi connectivity index (χ1) is 16.8. The summed E-state index contributed by atoms with van der Waals surface area (Å²) in [4.78, 5) is 5.05. The highest BCUT2D eigenvalue weighted by molar-refractivity contribution is 6.19. The topological polar surface area (TPSA) is 45.5 Å². The fraction of sp³-hybridized carbons (Fsp3) is 0. The third-order valence-corrected chi connectivity index (χ3v) is 7.05. The molecule has 0 aliphatic rings. The molecular weight excluding hydrogens is 416 g/mol. The van der Waals surface area contributed by atoms with Gasteiger partial charge in [-0.2, -0.15) is 5.26 Å². The van der Waals surface area contributed by atoms with Crippen molar-refractivity contribution in [2.45, 2.75) is 0 Å². The summed E-state index contributed by atoms with van der Waals surface area (Å²) in [6, 6.07) is 35.9. The van der Waals surface area contributed by atoms with E-state index in [1.165, 1.54) is 21.5 Å². The molecule has 4 heteroatoms. The second kappa shape index (κ2) is 6.12. The van der Waals surface area contributed by atoms with Crippen molar-refractivity contribution in [3.63, 3.8) is 0 Å². The summed E-state index contributed by atoms with van der Waals surface area (Å²) < 4.78 is 4.55. The number of fused-ring (bicyclic) bond motifs is 9. The molecule has 0 aliphatic heterocycles. The van der Waals surface area contributed by atoms with Crippen molar-refractivity contribution in [2.75, 3.05) is 0 Å². The minimum atomic E-state index is 0.678. The predicted molar refractivity (Wildman–Crippen MR) is 138 cm³/mol. The lowest BCUT2D eigenvalue weighted by Gasteiger charge is -2.06. The van der Waals surface area contributed by atoms with E-state index in [0.29, 0.717) is 5.56 Å². The molecule has 0 spiro atoms. The van der Waals surface area contributed by atoms with Gasteiger partial charge in [0.25, 0.3) is 0 Å². The van der Waals surface area contributed by atoms with Crippen LogP contribution in [0, 0.1) is 11.3 Å². The number of hydrogen-bond donors (Lipinski definition) is 0. The minimum Gasteiger partial charge on any atom is -0.277 e. The maximum atomic E-state index is 9.78. The molecule has 0 unspecified atom stereocenters. The Morgan fingerprint density at radius 2 is 1.41 bits per heavy atom. The smallest absolute Gasteiger partial charge is 0.220 e. The third kappa shape index (κ3) is 2.09. The average molecular weight is 432 g/mol. The Hall–Kier alpha value is -4.88. The number of nitrogens with zero attached hydrogens (tertiary/aromatic N) is 4. The summed E-state index contributed by atoms with van der Waals surface area (Å²) in [5.41, 5.74) is 8.14. The van der Waals surface area contributed by atoms with Crippen LogP contribution in [0.1, 0.15) is 5.56 Å². The molecule has 156 valence electrons. The summed E-state index contributed by atoms with van der Waals surface area (Å²) in [6.45, 7) is 0. The number of rotatable bonds is 1. The van der Waals surface area contributed by atoms with Crippen LogP contribution in [0.5, 0.6) is 0 Å². The van der Waals surface area contributed by atoms with Gasteiger partial charge >= 0.3 is 0 Å². The van der Waals surface area contributed by atoms with Crippen LogP contribution < -0.4 is 0 Å². The van der Waals surface area contributed by atoms with E-state index in [4.69, 9.17) is 4.98 Å². The molecule has 8 rings (SSSR count). The summed E-state index contributed by atoms with van der Waals surface area (Å²) in [6.07, 6.45) is 0. The van der Waals surface area contributed by atoms with Gasteiger partial charge < -0.3 is 0 Å². The van der Waals surface area contributed by atoms with E-state index in [2.05, 4.69) is 81.6 Å². The lowest BCUT2D eigenvalue weighted by Crippen LogP contribution is -1.87. The number of para-hydroxylation sites is 2. The highest BCUT2D eigenvalue weighted by atomic mass is 15.2. The summed E-state index contributed by atoms with van der Waals surface area (Å²) in [7, 11) is 0. The van der Waals surface area contributed by atoms with Gasteiger partial charge in [-0.15, -0.1) is 0 Å². The van der Waals surface area contributed by atoms with Crippen molar-refractivity contribution < 1.29 is 0 Å². The zero-order valence-electron chi connectivity index (χ0n) is 18.0. The van der Waals surface area contributed by atoms with E-state index < -0.39 is 0 Å². The number of aromatic nitrogens is 3. The number of imidazole rings is 2. The van der Waals surface area contributed by atoms with Crippen molar-refractivity contribution in [3.8, 4) is 17.2 Å². The van der Waals surface area contributed by atoms with Crippen LogP contribution in [0.25, 0.3) is 66.0 Å². The quantitative estimate of drug-likeness (QED) is 0.276. The van der Waals surface area contributed by atoms with Crippen LogP contribution in [0.3, 0.4) is 0 Å². The Morgan fingerprint density at radius 3 is 2.29 bits per heavy atom. The molecule has 0 atom stereocenters. The first-order valence-corrected chi connectivity index (χ1v) is 11.3. The maximum Gasteiger partial charge on any atom is 0.220 e. The molecule has 0 amide bonds. The van der Waals surface area contributed by atoms with Gasteiger partial charge in [0.15, 0.2) is 0 Å². The minimum absolute atomic E-state index is 0.678. The Bertz CT molecular complexity index is 2140. The summed E-state index contributed by atoms with van der Waals surface area (Å²) in [5, 5.41) is 14.6. The van der Waals surface area contributed by atoms with Crippen LogP contribution in [0.4, 0.5) is 0 Å². The molecule has 0 saturated heterocycles. The van der Waals surface area contributed by atoms with E-state index >= 15 is 0 Å². The van der Waals surface area contributed by atoms with Crippen molar-refractivity contribution in [1.29, 1.82) is 5.26 Å². The monoisotopic (exact) mass is 432 g/mol. The Balaban J connectivity index is 1.66. The number of benzene rings is 5. The van der Waals surface area contributed by atoms with Crippen LogP contribution >= 0.6 is 0 Å². The van der Waals surface area contributed by atoms with E-state index in [0.717, 1.165) is 44.5 Å². The van der Waals surface area contributed by atoms with Crippen LogP contribution in [-0.4, -0.2) is 13.8 Å². The molecule has 0 radical (unpaired) electrons. The molecule has 3 heterocycles. The molecule has 4 nitrogen and oxygen atoms in total. The van der Waals surface area contributed by atoms with Gasteiger partial charge in [0.1, 0.15) is 0 Å². The van der Waals surface area contributed by atoms with E-state index in [-0.39, 0.29) is 0 Å². The fourth-order valence-electron chi connectivity index (χ4n) is 5.58. The SMILES string of the molecule is N#Cc1ccccc1-c1cc2c3cc4ccccc4cc3n3c2c(c1)n1c2ccccc2nc13. The van der Waals surface area contributed by atoms with Gasteiger partial charge in [0, 0.05) is 10.8 Å². The zero-order valence-corrected chi connectivity index (χ0v) is 18.0. The molecule has 3 aromatic heterocycles. The Kier molecular flexibility index (Phi) is 3.18. The van der Waals surface area contributed by atoms with Gasteiger partial charge in [-0.05, 0) is 64.4 Å². The molecule has 0 fully saturated rings. The average Bonchev–Trinajstić information content (AvgIpc) is 3.52. The molecular formula is C30H16N4. The fourth-order valence-corrected chi connectivity index (χ4v) is 5.58. The van der Waals surface area contributed by atoms with Crippen molar-refractivity contribution in [2.24, 2.45) is 0 Å². The summed E-state index contributed by atoms with van der Waals surface area (Å²) >= 11 is 0. The molecule has 0 saturated carbocycles. The highest BCUT2D eigenvalue weighted by Crippen LogP contribution is 2.41. The first kappa shape index (κ1) is 17.6. The molecule has 34 heavy (non-hydrogen) atoms. The lowest BCUT2D eigenvalue weighted by atomic mass is 9.97. The first-order valence-electron chi connectivity index (χ1n) is 11.3. The molecule has 0 N–H and O–H groups in total. The Labute approximate surface area is 193 Å². The molecule has 5 aromatic carbocycles. The van der Waals surface area contributed by atoms with Crippen LogP contribution in [-0.2, 0) is 0 Å². The largest absolute Gasteiger partial charge is 0.277 e. The van der Waals surface area contributed by atoms with Gasteiger partial charge in [-0.3, -0.25) is 8.80 Å². The van der Waals surface area contributed by atoms with E-state index in [1.54, 1.807) is 0 Å². The van der Waals surface area contributed by atoms with E-state index in [9.17, 15) is 5.26 Å². The standard InChI is InChI=1S/C30H16N4/c31-17-20-9-3-4-10-22(20)21-14-24-23-13-18-7-1-2-8-19(18)15-27(23)34-29(24)28(16-21)33-26-12-6-5-11-25(26)32-30(33)34/h1-16H. The molecule has 0 aliphatic carbocycles. The van der Waals surface area contributed by atoms with Crippen molar-refractivity contribution in [1.82, 2.24) is 13.8 Å². The number of nitriles is 1. The third-order valence-electron chi connectivity index (χ3n) is 7.05. The second-order valence-electron chi connectivity index (χ2n) is 8.84. The summed E-state index contributed by atoms with van der Waals surface area (Å²) in [5.74, 6) is 0.914. The number of hydrogen-bond acceptors (Lipinski definition) is 2. The van der Waals surface area contributed by atoms with E-state index in [1.807, 2.05) is 30.3 Å². The van der Waals surface area contributed by atoms with Crippen LogP contribution in [0.15, 0.2) is 97.1 Å². The van der Waals surface area contributed by atoms with Crippen LogP contribution in [0.2, 0.25) is 0 Å². The normalized spacial score (nSPS) is 12.1. The predicted octanol–water partition coefficient (Wildman–Crippen LogP) is 7.18. The molecule has 8 aromatic rings. The molecule has 0 bridgehead atoms. The lowest BCUT2D eigenvalue weighted by molar-refractivity contribution is 1.22. The highest BCUT2D eigenvalue weighted by Gasteiger charge is 2.22. The Morgan fingerprint density at radius 1 is 0.647 bits per heavy atom. The zero-order chi connectivity index (χ0) is 22.4. The maximum absolute atomic E-state index is 9.78. The van der Waals surface area contributed by atoms with Gasteiger partial charge in [0.2, 0.25) is 5.78 Å². The van der Waals surface area contributed by atoms with Gasteiger partial charge in [-0.25, -0.2) is 4.98 Å². The second-order valence-corrected chi connectivity index (χ2v) is 8.84. The van der Waals surface area contributed by atoms with Crippen molar-refractivity contribution >= 4 is 54.9 Å². The van der Waals surface area contributed by atoms with Gasteiger partial charge in [0.05, 0.1) is 39.2 Å².